The van der Waals surface area contributed by atoms with Gasteiger partial charge in [-0.05, 0) is 18.2 Å². The molecule has 0 saturated carbocycles. The average molecular weight is 385 g/mol. The fourth-order valence-electron chi connectivity index (χ4n) is 3.02. The largest absolute Gasteiger partial charge is 0.493 e. The number of hydrogen-bond acceptors (Lipinski definition) is 4. The second-order valence-electron chi connectivity index (χ2n) is 6.12. The molecule has 4 rings (SSSR count). The van der Waals surface area contributed by atoms with Crippen molar-refractivity contribution in [2.24, 2.45) is 0 Å². The van der Waals surface area contributed by atoms with Gasteiger partial charge in [0.15, 0.2) is 0 Å². The van der Waals surface area contributed by atoms with E-state index < -0.39 is 0 Å². The van der Waals surface area contributed by atoms with Crippen molar-refractivity contribution in [3.63, 3.8) is 0 Å². The van der Waals surface area contributed by atoms with E-state index in [-0.39, 0.29) is 18.4 Å². The standard InChI is InChI=1S/C20H17ClN2O2S/c21-14-7-5-13(6-8-14)20-22-15(12-26-20)11-19(24)23-17-9-10-25-18-4-2-1-3-16(17)18/h1-8,12,17H,9-11H2,(H,23,24). The maximum absolute atomic E-state index is 12.5. The number of halogens is 1. The number of hydrogen-bond donors (Lipinski definition) is 1. The van der Waals surface area contributed by atoms with Crippen molar-refractivity contribution < 1.29 is 9.53 Å². The first-order valence-electron chi connectivity index (χ1n) is 8.40. The Morgan fingerprint density at radius 2 is 2.04 bits per heavy atom. The smallest absolute Gasteiger partial charge is 0.226 e. The zero-order valence-electron chi connectivity index (χ0n) is 13.9. The van der Waals surface area contributed by atoms with Gasteiger partial charge in [0, 0.05) is 28.0 Å². The van der Waals surface area contributed by atoms with Crippen molar-refractivity contribution in [3.05, 3.63) is 70.2 Å². The van der Waals surface area contributed by atoms with Crippen LogP contribution >= 0.6 is 22.9 Å². The number of fused-ring (bicyclic) bond motifs is 1. The average Bonchev–Trinajstić information content (AvgIpc) is 3.11. The third-order valence-corrected chi connectivity index (χ3v) is 5.47. The van der Waals surface area contributed by atoms with E-state index >= 15 is 0 Å². The fraction of sp³-hybridized carbons (Fsp3) is 0.200. The summed E-state index contributed by atoms with van der Waals surface area (Å²) in [4.78, 5) is 17.1. The number of nitrogens with zero attached hydrogens (tertiary/aromatic N) is 1. The fourth-order valence-corrected chi connectivity index (χ4v) is 3.97. The highest BCUT2D eigenvalue weighted by molar-refractivity contribution is 7.13. The lowest BCUT2D eigenvalue weighted by Gasteiger charge is -2.26. The van der Waals surface area contributed by atoms with Crippen LogP contribution in [0.1, 0.15) is 23.7 Å². The molecule has 1 N–H and O–H groups in total. The Hall–Kier alpha value is -2.37. The van der Waals surface area contributed by atoms with Crippen LogP contribution in [0.5, 0.6) is 5.75 Å². The Kier molecular flexibility index (Phi) is 4.91. The molecule has 0 aliphatic carbocycles. The van der Waals surface area contributed by atoms with E-state index in [1.807, 2.05) is 53.9 Å². The molecule has 4 nitrogen and oxygen atoms in total. The number of carbonyl (C=O) groups excluding carboxylic acids is 1. The van der Waals surface area contributed by atoms with E-state index in [4.69, 9.17) is 16.3 Å². The number of ether oxygens (including phenoxy) is 1. The van der Waals surface area contributed by atoms with Crippen LogP contribution in [0.15, 0.2) is 53.9 Å². The molecule has 3 aromatic rings. The molecule has 26 heavy (non-hydrogen) atoms. The van der Waals surface area contributed by atoms with Gasteiger partial charge in [0.1, 0.15) is 10.8 Å². The number of thiazole rings is 1. The van der Waals surface area contributed by atoms with Crippen molar-refractivity contribution in [1.82, 2.24) is 10.3 Å². The minimum absolute atomic E-state index is 0.0122. The first-order chi connectivity index (χ1) is 12.7. The van der Waals surface area contributed by atoms with Crippen LogP contribution in [0.4, 0.5) is 0 Å². The van der Waals surface area contributed by atoms with E-state index in [1.54, 1.807) is 0 Å². The molecule has 2 aromatic carbocycles. The number of para-hydroxylation sites is 1. The Morgan fingerprint density at radius 1 is 1.23 bits per heavy atom. The Bertz CT molecular complexity index is 924. The maximum atomic E-state index is 12.5. The highest BCUT2D eigenvalue weighted by atomic mass is 35.5. The maximum Gasteiger partial charge on any atom is 0.226 e. The molecule has 0 saturated heterocycles. The lowest BCUT2D eigenvalue weighted by atomic mass is 10.0. The summed E-state index contributed by atoms with van der Waals surface area (Å²) >= 11 is 7.45. The molecule has 2 heterocycles. The molecule has 1 unspecified atom stereocenters. The van der Waals surface area contributed by atoms with Crippen LogP contribution in [0, 0.1) is 0 Å². The topological polar surface area (TPSA) is 51.2 Å². The van der Waals surface area contributed by atoms with Gasteiger partial charge in [-0.25, -0.2) is 4.98 Å². The summed E-state index contributed by atoms with van der Waals surface area (Å²) in [5.41, 5.74) is 2.81. The van der Waals surface area contributed by atoms with Gasteiger partial charge in [-0.3, -0.25) is 4.79 Å². The summed E-state index contributed by atoms with van der Waals surface area (Å²) in [6.07, 6.45) is 1.04. The Morgan fingerprint density at radius 3 is 2.88 bits per heavy atom. The molecule has 132 valence electrons. The minimum Gasteiger partial charge on any atom is -0.493 e. The van der Waals surface area contributed by atoms with Gasteiger partial charge in [0.05, 0.1) is 24.8 Å². The Labute approximate surface area is 160 Å². The monoisotopic (exact) mass is 384 g/mol. The van der Waals surface area contributed by atoms with E-state index in [1.165, 1.54) is 11.3 Å². The van der Waals surface area contributed by atoms with Crippen LogP contribution in [-0.4, -0.2) is 17.5 Å². The van der Waals surface area contributed by atoms with Crippen LogP contribution in [0.3, 0.4) is 0 Å². The molecule has 0 radical (unpaired) electrons. The molecular weight excluding hydrogens is 368 g/mol. The SMILES string of the molecule is O=C(Cc1csc(-c2ccc(Cl)cc2)n1)NC1CCOc2ccccc21. The van der Waals surface area contributed by atoms with Gasteiger partial charge in [-0.2, -0.15) is 0 Å². The number of benzene rings is 2. The quantitative estimate of drug-likeness (QED) is 0.712. The van der Waals surface area contributed by atoms with E-state index in [9.17, 15) is 4.79 Å². The van der Waals surface area contributed by atoms with E-state index in [0.29, 0.717) is 11.6 Å². The van der Waals surface area contributed by atoms with Gasteiger partial charge in [-0.15, -0.1) is 11.3 Å². The summed E-state index contributed by atoms with van der Waals surface area (Å²) < 4.78 is 5.64. The van der Waals surface area contributed by atoms with Crippen molar-refractivity contribution in [2.75, 3.05) is 6.61 Å². The van der Waals surface area contributed by atoms with Crippen molar-refractivity contribution in [3.8, 4) is 16.3 Å². The van der Waals surface area contributed by atoms with Gasteiger partial charge in [-0.1, -0.05) is 41.9 Å². The molecule has 0 spiro atoms. The summed E-state index contributed by atoms with van der Waals surface area (Å²) in [6.45, 7) is 0.610. The zero-order chi connectivity index (χ0) is 17.9. The van der Waals surface area contributed by atoms with Gasteiger partial charge in [0.2, 0.25) is 5.91 Å². The molecule has 1 aliphatic rings. The van der Waals surface area contributed by atoms with E-state index in [0.717, 1.165) is 34.0 Å². The molecule has 1 aromatic heterocycles. The number of rotatable bonds is 4. The first kappa shape index (κ1) is 17.1. The third-order valence-electron chi connectivity index (χ3n) is 4.28. The summed E-state index contributed by atoms with van der Waals surface area (Å²) in [7, 11) is 0. The number of nitrogens with one attached hydrogen (secondary N) is 1. The summed E-state index contributed by atoms with van der Waals surface area (Å²) in [5, 5.41) is 6.63. The molecule has 0 bridgehead atoms. The normalized spacial score (nSPS) is 15.8. The highest BCUT2D eigenvalue weighted by Crippen LogP contribution is 2.31. The molecule has 6 heteroatoms. The predicted molar refractivity (Wildman–Crippen MR) is 104 cm³/mol. The summed E-state index contributed by atoms with van der Waals surface area (Å²) in [5.74, 6) is 0.822. The lowest BCUT2D eigenvalue weighted by Crippen LogP contribution is -2.33. The molecular formula is C20H17ClN2O2S. The Balaban J connectivity index is 1.42. The van der Waals surface area contributed by atoms with Crippen LogP contribution in [0.2, 0.25) is 5.02 Å². The first-order valence-corrected chi connectivity index (χ1v) is 9.66. The molecule has 1 amide bonds. The third kappa shape index (κ3) is 3.74. The molecule has 1 atom stereocenters. The lowest BCUT2D eigenvalue weighted by molar-refractivity contribution is -0.121. The van der Waals surface area contributed by atoms with Gasteiger partial charge in [0.25, 0.3) is 0 Å². The number of aromatic nitrogens is 1. The highest BCUT2D eigenvalue weighted by Gasteiger charge is 2.22. The van der Waals surface area contributed by atoms with Crippen LogP contribution in [0.25, 0.3) is 10.6 Å². The second-order valence-corrected chi connectivity index (χ2v) is 7.42. The van der Waals surface area contributed by atoms with Crippen molar-refractivity contribution >= 4 is 28.8 Å². The minimum atomic E-state index is -0.0281. The van der Waals surface area contributed by atoms with Gasteiger partial charge >= 0.3 is 0 Å². The zero-order valence-corrected chi connectivity index (χ0v) is 15.5. The number of amides is 1. The van der Waals surface area contributed by atoms with Crippen molar-refractivity contribution in [2.45, 2.75) is 18.9 Å². The van der Waals surface area contributed by atoms with Crippen LogP contribution < -0.4 is 10.1 Å². The molecule has 1 aliphatic heterocycles. The molecule has 0 fully saturated rings. The number of carbonyl (C=O) groups is 1. The second kappa shape index (κ2) is 7.48. The van der Waals surface area contributed by atoms with Gasteiger partial charge < -0.3 is 10.1 Å². The van der Waals surface area contributed by atoms with Crippen molar-refractivity contribution in [1.29, 1.82) is 0 Å². The predicted octanol–water partition coefficient (Wildman–Crippen LogP) is 4.65. The summed E-state index contributed by atoms with van der Waals surface area (Å²) in [6, 6.07) is 15.4. The van der Waals surface area contributed by atoms with Crippen LogP contribution in [-0.2, 0) is 11.2 Å². The van der Waals surface area contributed by atoms with E-state index in [2.05, 4.69) is 10.3 Å².